The second-order valence-electron chi connectivity index (χ2n) is 7.74. The van der Waals surface area contributed by atoms with Gasteiger partial charge in [-0.05, 0) is 59.7 Å². The molecule has 0 heterocycles. The normalized spacial score (nSPS) is 9.79. The third-order valence-electron chi connectivity index (χ3n) is 3.78. The van der Waals surface area contributed by atoms with Gasteiger partial charge in [-0.1, -0.05) is 58.9 Å². The number of rotatable bonds is 7. The van der Waals surface area contributed by atoms with Crippen molar-refractivity contribution in [1.82, 2.24) is 0 Å². The van der Waals surface area contributed by atoms with Crippen molar-refractivity contribution < 1.29 is 35.1 Å². The van der Waals surface area contributed by atoms with Gasteiger partial charge in [-0.25, -0.2) is 0 Å². The SMILES string of the molecule is C=CCOc1ccc(C=O)cc1.CCCc1cc(CC(C)(C)C)ccc1O.[CH3-].[Pd]. The Morgan fingerprint density at radius 1 is 1.10 bits per heavy atom. The topological polar surface area (TPSA) is 46.5 Å². The number of carbonyl (C=O) groups excluding carboxylic acids is 1. The summed E-state index contributed by atoms with van der Waals surface area (Å²) in [7, 11) is 0. The van der Waals surface area contributed by atoms with E-state index in [1.54, 1.807) is 30.3 Å². The number of ether oxygens (including phenoxy) is 1. The Balaban J connectivity index is 0. The van der Waals surface area contributed by atoms with E-state index in [0.717, 1.165) is 36.9 Å². The maximum absolute atomic E-state index is 10.3. The molecule has 0 aromatic heterocycles. The summed E-state index contributed by atoms with van der Waals surface area (Å²) in [6.07, 6.45) is 5.57. The van der Waals surface area contributed by atoms with Crippen LogP contribution in [0.5, 0.6) is 11.5 Å². The van der Waals surface area contributed by atoms with Gasteiger partial charge in [0.1, 0.15) is 24.4 Å². The summed E-state index contributed by atoms with van der Waals surface area (Å²) < 4.78 is 5.22. The molecule has 0 spiro atoms. The van der Waals surface area contributed by atoms with Crippen LogP contribution in [-0.2, 0) is 33.3 Å². The first-order valence-corrected chi connectivity index (χ1v) is 9.38. The van der Waals surface area contributed by atoms with Gasteiger partial charge in [0, 0.05) is 26.0 Å². The molecule has 0 radical (unpaired) electrons. The number of hydrogen-bond donors (Lipinski definition) is 1. The Bertz CT molecular complexity index is 716. The maximum Gasteiger partial charge on any atom is 0.150 e. The number of carbonyl (C=O) groups is 1. The summed E-state index contributed by atoms with van der Waals surface area (Å²) in [4.78, 5) is 10.3. The quantitative estimate of drug-likeness (QED) is 0.210. The van der Waals surface area contributed by atoms with Crippen molar-refractivity contribution in [3.63, 3.8) is 0 Å². The molecule has 0 aliphatic rings. The maximum atomic E-state index is 10.3. The predicted octanol–water partition coefficient (Wildman–Crippen LogP) is 6.44. The summed E-state index contributed by atoms with van der Waals surface area (Å²) in [5.41, 5.74) is 3.37. The monoisotopic (exact) mass is 489 g/mol. The van der Waals surface area contributed by atoms with Gasteiger partial charge in [0.25, 0.3) is 0 Å². The zero-order valence-corrected chi connectivity index (χ0v) is 19.9. The number of phenols is 1. The summed E-state index contributed by atoms with van der Waals surface area (Å²) in [5.74, 6) is 1.19. The van der Waals surface area contributed by atoms with Crippen molar-refractivity contribution in [1.29, 1.82) is 0 Å². The van der Waals surface area contributed by atoms with Gasteiger partial charge in [-0.15, -0.1) is 0 Å². The van der Waals surface area contributed by atoms with E-state index in [1.807, 2.05) is 12.1 Å². The smallest absolute Gasteiger partial charge is 0.150 e. The predicted molar refractivity (Wildman–Crippen MR) is 119 cm³/mol. The third kappa shape index (κ3) is 12.3. The van der Waals surface area contributed by atoms with Crippen LogP contribution in [0.25, 0.3) is 0 Å². The van der Waals surface area contributed by atoms with Gasteiger partial charge in [0.15, 0.2) is 0 Å². The summed E-state index contributed by atoms with van der Waals surface area (Å²) in [5, 5.41) is 9.66. The first kappa shape index (κ1) is 29.3. The number of aldehydes is 1. The average molecular weight is 490 g/mol. The molecule has 29 heavy (non-hydrogen) atoms. The fraction of sp³-hybridized carbons (Fsp3) is 0.360. The molecule has 3 nitrogen and oxygen atoms in total. The van der Waals surface area contributed by atoms with Crippen LogP contribution in [0.15, 0.2) is 55.1 Å². The summed E-state index contributed by atoms with van der Waals surface area (Å²) in [6, 6.07) is 12.9. The van der Waals surface area contributed by atoms with E-state index in [1.165, 1.54) is 5.56 Å². The summed E-state index contributed by atoms with van der Waals surface area (Å²) >= 11 is 0. The van der Waals surface area contributed by atoms with Crippen molar-refractivity contribution in [3.05, 3.63) is 79.2 Å². The van der Waals surface area contributed by atoms with E-state index in [9.17, 15) is 9.90 Å². The number of benzene rings is 2. The minimum Gasteiger partial charge on any atom is -0.508 e. The Morgan fingerprint density at radius 2 is 1.72 bits per heavy atom. The largest absolute Gasteiger partial charge is 0.508 e. The van der Waals surface area contributed by atoms with Gasteiger partial charge >= 0.3 is 0 Å². The van der Waals surface area contributed by atoms with E-state index in [-0.39, 0.29) is 27.8 Å². The Hall–Kier alpha value is -1.89. The van der Waals surface area contributed by atoms with Crippen molar-refractivity contribution in [3.8, 4) is 11.5 Å². The van der Waals surface area contributed by atoms with Crippen molar-refractivity contribution in [2.24, 2.45) is 5.41 Å². The Labute approximate surface area is 190 Å². The second-order valence-corrected chi connectivity index (χ2v) is 7.74. The van der Waals surface area contributed by atoms with Crippen LogP contribution in [-0.4, -0.2) is 18.0 Å². The van der Waals surface area contributed by atoms with Crippen LogP contribution in [0, 0.1) is 12.8 Å². The molecule has 0 bridgehead atoms. The fourth-order valence-electron chi connectivity index (χ4n) is 2.63. The molecule has 0 amide bonds. The van der Waals surface area contributed by atoms with Gasteiger partial charge in [-0.3, -0.25) is 4.79 Å². The van der Waals surface area contributed by atoms with Crippen LogP contribution >= 0.6 is 0 Å². The molecule has 0 unspecified atom stereocenters. The average Bonchev–Trinajstić information content (AvgIpc) is 2.63. The van der Waals surface area contributed by atoms with Gasteiger partial charge in [0.05, 0.1) is 0 Å². The fourth-order valence-corrected chi connectivity index (χ4v) is 2.63. The molecular weight excluding hydrogens is 455 g/mol. The van der Waals surface area contributed by atoms with E-state index in [2.05, 4.69) is 40.3 Å². The zero-order chi connectivity index (χ0) is 20.3. The van der Waals surface area contributed by atoms with Crippen molar-refractivity contribution in [2.45, 2.75) is 47.0 Å². The van der Waals surface area contributed by atoms with Crippen LogP contribution in [0.1, 0.15) is 55.6 Å². The molecule has 4 heteroatoms. The van der Waals surface area contributed by atoms with Crippen molar-refractivity contribution >= 4 is 6.29 Å². The number of aryl methyl sites for hydroxylation is 1. The molecule has 2 aromatic rings. The first-order chi connectivity index (χ1) is 12.8. The minimum absolute atomic E-state index is 0. The van der Waals surface area contributed by atoms with E-state index in [0.29, 0.717) is 23.3 Å². The molecule has 164 valence electrons. The Kier molecular flexibility index (Phi) is 15.2. The van der Waals surface area contributed by atoms with Crippen LogP contribution in [0.4, 0.5) is 0 Å². The van der Waals surface area contributed by atoms with Crippen LogP contribution < -0.4 is 4.74 Å². The number of phenolic OH excluding ortho intramolecular Hbond substituents is 1. The third-order valence-corrected chi connectivity index (χ3v) is 3.78. The number of aromatic hydroxyl groups is 1. The van der Waals surface area contributed by atoms with E-state index in [4.69, 9.17) is 4.74 Å². The molecule has 2 rings (SSSR count). The molecule has 0 fully saturated rings. The van der Waals surface area contributed by atoms with Crippen LogP contribution in [0.3, 0.4) is 0 Å². The second kappa shape index (κ2) is 15.0. The van der Waals surface area contributed by atoms with E-state index < -0.39 is 0 Å². The summed E-state index contributed by atoms with van der Waals surface area (Å²) in [6.45, 7) is 12.9. The molecule has 0 saturated heterocycles. The molecule has 0 atom stereocenters. The zero-order valence-electron chi connectivity index (χ0n) is 18.3. The molecule has 0 saturated carbocycles. The minimum atomic E-state index is 0. The molecule has 0 aliphatic carbocycles. The molecule has 1 N–H and O–H groups in total. The molecule has 2 aromatic carbocycles. The molecular formula is C25H35O3Pd-. The standard InChI is InChI=1S/C14H22O.C10H10O2.CH3.Pd/c1-5-6-12-9-11(7-8-13(12)15)10-14(2,3)4;1-2-7-12-10-5-3-9(8-11)4-6-10;;/h7-9,15H,5-6,10H2,1-4H3;2-6,8H,1,7H2;1H3;/q;;-1;. The van der Waals surface area contributed by atoms with Crippen molar-refractivity contribution in [2.75, 3.05) is 6.61 Å². The van der Waals surface area contributed by atoms with Gasteiger partial charge < -0.3 is 17.3 Å². The van der Waals surface area contributed by atoms with Gasteiger partial charge in [-0.2, -0.15) is 0 Å². The van der Waals surface area contributed by atoms with Crippen LogP contribution in [0.2, 0.25) is 0 Å². The van der Waals surface area contributed by atoms with Gasteiger partial charge in [0.2, 0.25) is 0 Å². The first-order valence-electron chi connectivity index (χ1n) is 9.38. The number of hydrogen-bond acceptors (Lipinski definition) is 3. The van der Waals surface area contributed by atoms with E-state index >= 15 is 0 Å². The molecule has 0 aliphatic heterocycles. The Morgan fingerprint density at radius 3 is 2.21 bits per heavy atom.